The molecule has 0 aliphatic carbocycles. The van der Waals surface area contributed by atoms with Gasteiger partial charge in [0.25, 0.3) is 10.1 Å². The Morgan fingerprint density at radius 2 is 1.77 bits per heavy atom. The summed E-state index contributed by atoms with van der Waals surface area (Å²) < 4.78 is 28.8. The van der Waals surface area contributed by atoms with E-state index in [0.717, 1.165) is 0 Å². The first-order chi connectivity index (χ1) is 5.91. The van der Waals surface area contributed by atoms with E-state index in [-0.39, 0.29) is 0 Å². The van der Waals surface area contributed by atoms with E-state index in [1.54, 1.807) is 0 Å². The van der Waals surface area contributed by atoms with Crippen LogP contribution in [0.3, 0.4) is 0 Å². The standard InChI is InChI=1S/C7H7ClO3S2/c8-6-3-1-5(2-4-6)7(12)13(9,10)11/h1-4,7,12H,(H,9,10,11). The van der Waals surface area contributed by atoms with Crippen LogP contribution in [-0.4, -0.2) is 13.0 Å². The normalized spacial score (nSPS) is 14.1. The number of hydrogen-bond acceptors (Lipinski definition) is 3. The van der Waals surface area contributed by atoms with Gasteiger partial charge >= 0.3 is 0 Å². The minimum Gasteiger partial charge on any atom is -0.284 e. The Morgan fingerprint density at radius 3 is 2.15 bits per heavy atom. The van der Waals surface area contributed by atoms with E-state index in [1.807, 2.05) is 0 Å². The lowest BCUT2D eigenvalue weighted by atomic mass is 10.2. The number of rotatable bonds is 2. The minimum absolute atomic E-state index is 0.384. The fourth-order valence-corrected chi connectivity index (χ4v) is 1.60. The molecule has 13 heavy (non-hydrogen) atoms. The molecule has 1 aromatic rings. The van der Waals surface area contributed by atoms with Crippen LogP contribution in [0.5, 0.6) is 0 Å². The van der Waals surface area contributed by atoms with E-state index < -0.39 is 14.7 Å². The van der Waals surface area contributed by atoms with Crippen molar-refractivity contribution >= 4 is 34.3 Å². The molecule has 0 amide bonds. The van der Waals surface area contributed by atoms with E-state index in [1.165, 1.54) is 24.3 Å². The Hall–Kier alpha value is -0.230. The SMILES string of the molecule is O=S(=O)(O)C(S)c1ccc(Cl)cc1. The van der Waals surface area contributed by atoms with Gasteiger partial charge in [0.15, 0.2) is 4.58 Å². The molecule has 0 bridgehead atoms. The van der Waals surface area contributed by atoms with E-state index in [0.29, 0.717) is 10.6 Å². The number of thiol groups is 1. The maximum absolute atomic E-state index is 10.7. The summed E-state index contributed by atoms with van der Waals surface area (Å²) in [5, 5.41) is 0.500. The van der Waals surface area contributed by atoms with Crippen molar-refractivity contribution in [1.29, 1.82) is 0 Å². The molecule has 0 aromatic heterocycles. The maximum atomic E-state index is 10.7. The van der Waals surface area contributed by atoms with Crippen molar-refractivity contribution in [3.63, 3.8) is 0 Å². The van der Waals surface area contributed by atoms with Crippen molar-refractivity contribution in [2.24, 2.45) is 0 Å². The second-order valence-corrected chi connectivity index (χ2v) is 5.22. The third-order valence-electron chi connectivity index (χ3n) is 1.44. The third kappa shape index (κ3) is 2.87. The van der Waals surface area contributed by atoms with Gasteiger partial charge in [-0.2, -0.15) is 21.0 Å². The Morgan fingerprint density at radius 1 is 1.31 bits per heavy atom. The zero-order valence-electron chi connectivity index (χ0n) is 6.38. The molecular formula is C7H7ClO3S2. The summed E-state index contributed by atoms with van der Waals surface area (Å²) in [4.78, 5) is 0. The summed E-state index contributed by atoms with van der Waals surface area (Å²) in [6.45, 7) is 0. The topological polar surface area (TPSA) is 54.4 Å². The van der Waals surface area contributed by atoms with Gasteiger partial charge in [0.05, 0.1) is 0 Å². The molecule has 0 aliphatic heterocycles. The van der Waals surface area contributed by atoms with Crippen LogP contribution in [-0.2, 0) is 10.1 Å². The second kappa shape index (κ2) is 3.88. The molecule has 1 N–H and O–H groups in total. The van der Waals surface area contributed by atoms with E-state index in [9.17, 15) is 8.42 Å². The van der Waals surface area contributed by atoms with Crippen LogP contribution in [0.4, 0.5) is 0 Å². The maximum Gasteiger partial charge on any atom is 0.281 e. The summed E-state index contributed by atoms with van der Waals surface area (Å²) in [7, 11) is -4.15. The average Bonchev–Trinajstić information content (AvgIpc) is 2.03. The lowest BCUT2D eigenvalue weighted by molar-refractivity contribution is 0.481. The minimum atomic E-state index is -4.15. The van der Waals surface area contributed by atoms with E-state index in [4.69, 9.17) is 16.2 Å². The van der Waals surface area contributed by atoms with Gasteiger partial charge in [-0.3, -0.25) is 4.55 Å². The average molecular weight is 239 g/mol. The summed E-state index contributed by atoms with van der Waals surface area (Å²) >= 11 is 9.35. The molecule has 72 valence electrons. The third-order valence-corrected chi connectivity index (χ3v) is 3.62. The molecule has 1 aromatic carbocycles. The predicted octanol–water partition coefficient (Wildman–Crippen LogP) is 2.16. The van der Waals surface area contributed by atoms with Gasteiger partial charge in [0, 0.05) is 5.02 Å². The summed E-state index contributed by atoms with van der Waals surface area (Å²) in [5.74, 6) is 0. The number of benzene rings is 1. The van der Waals surface area contributed by atoms with Gasteiger partial charge in [-0.1, -0.05) is 23.7 Å². The Labute approximate surface area is 86.9 Å². The molecule has 0 spiro atoms. The number of halogens is 1. The highest BCUT2D eigenvalue weighted by atomic mass is 35.5. The van der Waals surface area contributed by atoms with Gasteiger partial charge in [-0.25, -0.2) is 0 Å². The van der Waals surface area contributed by atoms with E-state index in [2.05, 4.69) is 12.6 Å². The molecule has 0 heterocycles. The molecule has 0 fully saturated rings. The molecule has 1 atom stereocenters. The van der Waals surface area contributed by atoms with Crippen molar-refractivity contribution in [1.82, 2.24) is 0 Å². The van der Waals surface area contributed by atoms with Crippen molar-refractivity contribution in [2.45, 2.75) is 4.58 Å². The summed E-state index contributed by atoms with van der Waals surface area (Å²) in [6, 6.07) is 6.05. The van der Waals surface area contributed by atoms with Gasteiger partial charge in [-0.05, 0) is 17.7 Å². The molecule has 1 rings (SSSR count). The first-order valence-electron chi connectivity index (χ1n) is 3.31. The monoisotopic (exact) mass is 238 g/mol. The Kier molecular flexibility index (Phi) is 3.23. The van der Waals surface area contributed by atoms with Gasteiger partial charge in [-0.15, -0.1) is 0 Å². The lowest BCUT2D eigenvalue weighted by Crippen LogP contribution is -2.05. The molecule has 3 nitrogen and oxygen atoms in total. The van der Waals surface area contributed by atoms with Crippen molar-refractivity contribution in [3.8, 4) is 0 Å². The van der Waals surface area contributed by atoms with Crippen molar-refractivity contribution in [3.05, 3.63) is 34.9 Å². The van der Waals surface area contributed by atoms with Crippen LogP contribution in [0.2, 0.25) is 5.02 Å². The van der Waals surface area contributed by atoms with E-state index >= 15 is 0 Å². The van der Waals surface area contributed by atoms with Crippen LogP contribution >= 0.6 is 24.2 Å². The Bertz CT molecular complexity index is 385. The highest BCUT2D eigenvalue weighted by molar-refractivity contribution is 8.01. The zero-order valence-corrected chi connectivity index (χ0v) is 8.85. The molecule has 0 saturated carbocycles. The molecule has 6 heteroatoms. The van der Waals surface area contributed by atoms with Gasteiger partial charge < -0.3 is 0 Å². The fraction of sp³-hybridized carbons (Fsp3) is 0.143. The van der Waals surface area contributed by atoms with Crippen molar-refractivity contribution in [2.75, 3.05) is 0 Å². The van der Waals surface area contributed by atoms with Crippen LogP contribution in [0.15, 0.2) is 24.3 Å². The lowest BCUT2D eigenvalue weighted by Gasteiger charge is -2.06. The van der Waals surface area contributed by atoms with Crippen LogP contribution in [0.1, 0.15) is 10.1 Å². The number of hydrogen-bond donors (Lipinski definition) is 2. The molecule has 0 radical (unpaired) electrons. The molecular weight excluding hydrogens is 232 g/mol. The quantitative estimate of drug-likeness (QED) is 0.613. The zero-order chi connectivity index (χ0) is 10.1. The second-order valence-electron chi connectivity index (χ2n) is 2.42. The largest absolute Gasteiger partial charge is 0.284 e. The molecule has 0 saturated heterocycles. The van der Waals surface area contributed by atoms with Crippen LogP contribution < -0.4 is 0 Å². The van der Waals surface area contributed by atoms with Crippen LogP contribution in [0.25, 0.3) is 0 Å². The first kappa shape index (κ1) is 10.8. The van der Waals surface area contributed by atoms with Crippen LogP contribution in [0, 0.1) is 0 Å². The van der Waals surface area contributed by atoms with Gasteiger partial charge in [0.2, 0.25) is 0 Å². The molecule has 0 aliphatic rings. The highest BCUT2D eigenvalue weighted by Gasteiger charge is 2.19. The summed E-state index contributed by atoms with van der Waals surface area (Å²) in [6.07, 6.45) is 0. The van der Waals surface area contributed by atoms with Gasteiger partial charge in [0.1, 0.15) is 0 Å². The van der Waals surface area contributed by atoms with Crippen molar-refractivity contribution < 1.29 is 13.0 Å². The fourth-order valence-electron chi connectivity index (χ4n) is 0.799. The highest BCUT2D eigenvalue weighted by Crippen LogP contribution is 2.25. The smallest absolute Gasteiger partial charge is 0.281 e. The summed E-state index contributed by atoms with van der Waals surface area (Å²) in [5.41, 5.74) is 0.384. The predicted molar refractivity (Wildman–Crippen MR) is 54.7 cm³/mol. The Balaban J connectivity index is 3.04. The first-order valence-corrected chi connectivity index (χ1v) is 5.71. The molecule has 1 unspecified atom stereocenters.